The average Bonchev–Trinajstić information content (AvgIpc) is 2.90. The molecule has 2 aliphatic rings. The highest BCUT2D eigenvalue weighted by Gasteiger charge is 2.29. The van der Waals surface area contributed by atoms with E-state index in [0.717, 1.165) is 36.3 Å². The predicted molar refractivity (Wildman–Crippen MR) is 109 cm³/mol. The number of amides is 1. The number of likely N-dealkylation sites (tertiary alicyclic amines) is 1. The highest BCUT2D eigenvalue weighted by atomic mass is 32.1. The van der Waals surface area contributed by atoms with E-state index in [9.17, 15) is 14.7 Å². The molecule has 1 aromatic rings. The van der Waals surface area contributed by atoms with Gasteiger partial charge in [-0.15, -0.1) is 11.3 Å². The van der Waals surface area contributed by atoms with Gasteiger partial charge in [0.05, 0.1) is 5.56 Å². The normalized spacial score (nSPS) is 24.3. The summed E-state index contributed by atoms with van der Waals surface area (Å²) in [6, 6.07) is 0. The summed E-state index contributed by atoms with van der Waals surface area (Å²) in [6.45, 7) is 6.99. The molecule has 1 N–H and O–H groups in total. The molecule has 0 aromatic carbocycles. The third-order valence-electron chi connectivity index (χ3n) is 5.33. The molecule has 1 amide bonds. The molecule has 2 atom stereocenters. The molecule has 0 radical (unpaired) electrons. The predicted octanol–water partition coefficient (Wildman–Crippen LogP) is 4.75. The van der Waals surface area contributed by atoms with Gasteiger partial charge in [0.15, 0.2) is 11.5 Å². The molecule has 3 rings (SSSR count). The fourth-order valence-electron chi connectivity index (χ4n) is 3.43. The van der Waals surface area contributed by atoms with Gasteiger partial charge in [-0.1, -0.05) is 32.1 Å². The van der Waals surface area contributed by atoms with E-state index in [2.05, 4.69) is 19.9 Å². The van der Waals surface area contributed by atoms with Crippen molar-refractivity contribution in [1.29, 1.82) is 0 Å². The van der Waals surface area contributed by atoms with Crippen molar-refractivity contribution in [3.63, 3.8) is 0 Å². The SMILES string of the molecule is CC(=O)c1c(/N=C2/C=CC=CC(C)C2C)sc(C(=O)N2CCCCC2)c1O. The molecule has 27 heavy (non-hydrogen) atoms. The molecule has 1 aliphatic heterocycles. The second-order valence-electron chi connectivity index (χ2n) is 7.30. The van der Waals surface area contributed by atoms with Crippen LogP contribution in [-0.4, -0.2) is 40.5 Å². The van der Waals surface area contributed by atoms with Crippen molar-refractivity contribution >= 4 is 33.7 Å². The van der Waals surface area contributed by atoms with E-state index in [-0.39, 0.29) is 33.8 Å². The summed E-state index contributed by atoms with van der Waals surface area (Å²) in [5.41, 5.74) is 0.992. The number of piperidine rings is 1. The second kappa shape index (κ2) is 8.21. The number of carbonyl (C=O) groups excluding carboxylic acids is 2. The van der Waals surface area contributed by atoms with Crippen LogP contribution in [-0.2, 0) is 0 Å². The first-order valence-electron chi connectivity index (χ1n) is 9.49. The molecule has 0 bridgehead atoms. The first kappa shape index (κ1) is 19.5. The molecule has 1 aromatic heterocycles. The van der Waals surface area contributed by atoms with Crippen LogP contribution >= 0.6 is 11.3 Å². The average molecular weight is 387 g/mol. The van der Waals surface area contributed by atoms with Gasteiger partial charge in [0.1, 0.15) is 9.88 Å². The summed E-state index contributed by atoms with van der Waals surface area (Å²) in [5.74, 6) is -0.227. The van der Waals surface area contributed by atoms with Crippen molar-refractivity contribution in [2.75, 3.05) is 13.1 Å². The first-order chi connectivity index (χ1) is 12.9. The minimum absolute atomic E-state index is 0.151. The summed E-state index contributed by atoms with van der Waals surface area (Å²) in [4.78, 5) is 31.7. The summed E-state index contributed by atoms with van der Waals surface area (Å²) in [7, 11) is 0. The van der Waals surface area contributed by atoms with E-state index in [4.69, 9.17) is 4.99 Å². The molecular weight excluding hydrogens is 360 g/mol. The lowest BCUT2D eigenvalue weighted by Crippen LogP contribution is -2.35. The maximum atomic E-state index is 12.9. The Hall–Kier alpha value is -2.21. The number of carbonyl (C=O) groups is 2. The zero-order valence-corrected chi connectivity index (χ0v) is 16.9. The molecule has 1 aliphatic carbocycles. The number of rotatable bonds is 3. The fourth-order valence-corrected chi connectivity index (χ4v) is 4.53. The Labute approximate surface area is 164 Å². The van der Waals surface area contributed by atoms with Crippen molar-refractivity contribution in [3.8, 4) is 5.75 Å². The van der Waals surface area contributed by atoms with Crippen LogP contribution in [0.15, 0.2) is 29.3 Å². The van der Waals surface area contributed by atoms with Crippen molar-refractivity contribution in [2.24, 2.45) is 16.8 Å². The van der Waals surface area contributed by atoms with E-state index in [0.29, 0.717) is 24.0 Å². The highest BCUT2D eigenvalue weighted by Crippen LogP contribution is 2.42. The molecule has 1 saturated heterocycles. The molecule has 0 spiro atoms. The Morgan fingerprint density at radius 1 is 1.19 bits per heavy atom. The third kappa shape index (κ3) is 4.05. The fraction of sp³-hybridized carbons (Fsp3) is 0.476. The number of allylic oxidation sites excluding steroid dienone is 4. The van der Waals surface area contributed by atoms with E-state index < -0.39 is 0 Å². The smallest absolute Gasteiger partial charge is 0.267 e. The minimum atomic E-state index is -0.280. The van der Waals surface area contributed by atoms with Gasteiger partial charge in [-0.05, 0) is 38.2 Å². The number of ketones is 1. The third-order valence-corrected chi connectivity index (χ3v) is 6.39. The number of thiophene rings is 1. The van der Waals surface area contributed by atoms with Gasteiger partial charge in [0.2, 0.25) is 0 Å². The van der Waals surface area contributed by atoms with Crippen molar-refractivity contribution in [3.05, 3.63) is 34.7 Å². The van der Waals surface area contributed by atoms with Gasteiger partial charge in [0.25, 0.3) is 5.91 Å². The summed E-state index contributed by atoms with van der Waals surface area (Å²) >= 11 is 1.12. The number of aliphatic imine (C=N–C) groups is 1. The van der Waals surface area contributed by atoms with Crippen LogP contribution in [0.5, 0.6) is 5.75 Å². The number of hydrogen-bond donors (Lipinski definition) is 1. The van der Waals surface area contributed by atoms with Crippen LogP contribution in [0.1, 0.15) is 60.1 Å². The molecule has 2 heterocycles. The molecule has 5 nitrogen and oxygen atoms in total. The summed E-state index contributed by atoms with van der Waals surface area (Å²) in [6.07, 6.45) is 11.0. The monoisotopic (exact) mass is 386 g/mol. The van der Waals surface area contributed by atoms with Crippen molar-refractivity contribution in [1.82, 2.24) is 4.90 Å². The molecule has 0 saturated carbocycles. The lowest BCUT2D eigenvalue weighted by atomic mass is 9.92. The standard InChI is InChI=1S/C21H26N2O3S/c1-13-9-5-6-10-16(14(13)2)22-20-17(15(3)24)18(25)19(27-20)21(26)23-11-7-4-8-12-23/h5-6,9-10,13-14,25H,4,7-8,11-12H2,1-3H3/b22-16-. The van der Waals surface area contributed by atoms with E-state index in [1.165, 1.54) is 6.92 Å². The number of aromatic hydroxyl groups is 1. The molecule has 1 fully saturated rings. The maximum absolute atomic E-state index is 12.9. The van der Waals surface area contributed by atoms with Crippen LogP contribution in [0.4, 0.5) is 5.00 Å². The Morgan fingerprint density at radius 2 is 1.89 bits per heavy atom. The Bertz CT molecular complexity index is 829. The van der Waals surface area contributed by atoms with E-state index in [1.807, 2.05) is 18.2 Å². The Kier molecular flexibility index (Phi) is 5.95. The molecule has 6 heteroatoms. The summed E-state index contributed by atoms with van der Waals surface area (Å²) in [5, 5.41) is 11.0. The van der Waals surface area contributed by atoms with Crippen LogP contribution in [0.2, 0.25) is 0 Å². The van der Waals surface area contributed by atoms with Crippen molar-refractivity contribution in [2.45, 2.75) is 40.0 Å². The molecule has 144 valence electrons. The van der Waals surface area contributed by atoms with Crippen LogP contribution in [0.25, 0.3) is 0 Å². The lowest BCUT2D eigenvalue weighted by Gasteiger charge is -2.26. The van der Waals surface area contributed by atoms with Crippen LogP contribution in [0, 0.1) is 11.8 Å². The van der Waals surface area contributed by atoms with Gasteiger partial charge in [-0.3, -0.25) is 9.59 Å². The van der Waals surface area contributed by atoms with E-state index in [1.54, 1.807) is 4.90 Å². The number of hydrogen-bond acceptors (Lipinski definition) is 5. The second-order valence-corrected chi connectivity index (χ2v) is 8.30. The van der Waals surface area contributed by atoms with E-state index >= 15 is 0 Å². The highest BCUT2D eigenvalue weighted by molar-refractivity contribution is 7.18. The Balaban J connectivity index is 2.01. The van der Waals surface area contributed by atoms with Gasteiger partial charge < -0.3 is 10.0 Å². The maximum Gasteiger partial charge on any atom is 0.267 e. The number of nitrogens with zero attached hydrogens (tertiary/aromatic N) is 2. The van der Waals surface area contributed by atoms with Crippen LogP contribution in [0.3, 0.4) is 0 Å². The van der Waals surface area contributed by atoms with Crippen molar-refractivity contribution < 1.29 is 14.7 Å². The van der Waals surface area contributed by atoms with Gasteiger partial charge >= 0.3 is 0 Å². The lowest BCUT2D eigenvalue weighted by molar-refractivity contribution is 0.0726. The van der Waals surface area contributed by atoms with Crippen LogP contribution < -0.4 is 0 Å². The van der Waals surface area contributed by atoms with Gasteiger partial charge in [-0.25, -0.2) is 4.99 Å². The first-order valence-corrected chi connectivity index (χ1v) is 10.3. The minimum Gasteiger partial charge on any atom is -0.505 e. The summed E-state index contributed by atoms with van der Waals surface area (Å²) < 4.78 is 0. The van der Waals surface area contributed by atoms with Gasteiger partial charge in [0, 0.05) is 24.7 Å². The zero-order valence-electron chi connectivity index (χ0n) is 16.1. The quantitative estimate of drug-likeness (QED) is 0.762. The Morgan fingerprint density at radius 3 is 2.56 bits per heavy atom. The zero-order chi connectivity index (χ0) is 19.6. The number of Topliss-reactive ketones (excluding diaryl/α,β-unsaturated/α-hetero) is 1. The largest absolute Gasteiger partial charge is 0.505 e. The topological polar surface area (TPSA) is 70.0 Å². The van der Waals surface area contributed by atoms with Gasteiger partial charge in [-0.2, -0.15) is 0 Å². The molecular formula is C21H26N2O3S. The molecule has 2 unspecified atom stereocenters.